The normalized spacial score (nSPS) is 15.5. The Hall–Kier alpha value is -2.95. The van der Waals surface area contributed by atoms with Gasteiger partial charge in [-0.25, -0.2) is 8.42 Å². The molecular formula is C18H24N4O6S. The maximum Gasteiger partial charge on any atom is 0.328 e. The summed E-state index contributed by atoms with van der Waals surface area (Å²) in [6, 6.07) is 6.20. The zero-order valence-corrected chi connectivity index (χ0v) is 17.3. The van der Waals surface area contributed by atoms with E-state index in [4.69, 9.17) is 4.74 Å². The van der Waals surface area contributed by atoms with Gasteiger partial charge in [-0.05, 0) is 32.9 Å². The summed E-state index contributed by atoms with van der Waals surface area (Å²) in [5, 5.41) is 2.68. The summed E-state index contributed by atoms with van der Waals surface area (Å²) in [5.41, 5.74) is 0.365. The maximum atomic E-state index is 12.2. The Morgan fingerprint density at radius 3 is 2.59 bits per heavy atom. The number of benzene rings is 1. The Balaban J connectivity index is 1.89. The first-order valence-corrected chi connectivity index (χ1v) is 10.5. The first-order chi connectivity index (χ1) is 13.6. The van der Waals surface area contributed by atoms with Crippen LogP contribution in [0.4, 0.5) is 0 Å². The van der Waals surface area contributed by atoms with Gasteiger partial charge in [0, 0.05) is 18.2 Å². The molecule has 158 valence electrons. The molecule has 1 aliphatic heterocycles. The average molecular weight is 424 g/mol. The quantitative estimate of drug-likeness (QED) is 0.548. The van der Waals surface area contributed by atoms with E-state index in [1.54, 1.807) is 25.1 Å². The minimum absolute atomic E-state index is 0.0458. The van der Waals surface area contributed by atoms with E-state index in [2.05, 4.69) is 15.0 Å². The van der Waals surface area contributed by atoms with Gasteiger partial charge in [-0.2, -0.15) is 0 Å². The van der Waals surface area contributed by atoms with Crippen LogP contribution < -0.4 is 10.0 Å². The number of ether oxygens (including phenoxy) is 1. The molecule has 0 spiro atoms. The fourth-order valence-corrected chi connectivity index (χ4v) is 3.84. The van der Waals surface area contributed by atoms with E-state index in [0.29, 0.717) is 5.56 Å². The molecule has 0 fully saturated rings. The van der Waals surface area contributed by atoms with Gasteiger partial charge in [-0.15, -0.1) is 0 Å². The van der Waals surface area contributed by atoms with Crippen LogP contribution in [0.5, 0.6) is 0 Å². The molecule has 0 bridgehead atoms. The lowest BCUT2D eigenvalue weighted by Crippen LogP contribution is -2.44. The Labute approximate surface area is 169 Å². The number of carbonyl (C=O) groups is 3. The lowest BCUT2D eigenvalue weighted by molar-refractivity contribution is -0.151. The first-order valence-electron chi connectivity index (χ1n) is 9.03. The van der Waals surface area contributed by atoms with Crippen molar-refractivity contribution in [2.75, 3.05) is 26.2 Å². The number of amidine groups is 1. The van der Waals surface area contributed by atoms with Gasteiger partial charge in [-0.1, -0.05) is 12.1 Å². The number of nitrogens with zero attached hydrogens (tertiary/aromatic N) is 2. The van der Waals surface area contributed by atoms with Crippen molar-refractivity contribution in [2.45, 2.75) is 31.7 Å². The Bertz CT molecular complexity index is 926. The molecule has 0 saturated carbocycles. The second-order valence-electron chi connectivity index (χ2n) is 6.56. The molecule has 29 heavy (non-hydrogen) atoms. The smallest absolute Gasteiger partial charge is 0.328 e. The van der Waals surface area contributed by atoms with E-state index in [0.717, 1.165) is 0 Å². The molecule has 0 atom stereocenters. The third-order valence-electron chi connectivity index (χ3n) is 3.90. The number of hydrogen-bond acceptors (Lipinski definition) is 7. The van der Waals surface area contributed by atoms with Gasteiger partial charge in [0.25, 0.3) is 15.9 Å². The van der Waals surface area contributed by atoms with Crippen molar-refractivity contribution in [2.24, 2.45) is 4.99 Å². The van der Waals surface area contributed by atoms with Crippen LogP contribution in [0.1, 0.15) is 26.3 Å². The minimum atomic E-state index is -3.69. The van der Waals surface area contributed by atoms with Crippen LogP contribution in [0, 0.1) is 0 Å². The highest BCUT2D eigenvalue weighted by Crippen LogP contribution is 2.21. The Morgan fingerprint density at radius 1 is 1.24 bits per heavy atom. The third kappa shape index (κ3) is 6.01. The zero-order chi connectivity index (χ0) is 21.6. The molecular weight excluding hydrogens is 400 g/mol. The van der Waals surface area contributed by atoms with Crippen molar-refractivity contribution in [3.05, 3.63) is 29.8 Å². The number of carbonyl (C=O) groups excluding carboxylic acids is 3. The third-order valence-corrected chi connectivity index (χ3v) is 5.30. The number of aliphatic imine (C=N–C) groups is 1. The van der Waals surface area contributed by atoms with E-state index in [-0.39, 0.29) is 35.8 Å². The van der Waals surface area contributed by atoms with Crippen molar-refractivity contribution >= 4 is 33.6 Å². The number of sulfonamides is 1. The second kappa shape index (κ2) is 9.50. The predicted molar refractivity (Wildman–Crippen MR) is 105 cm³/mol. The summed E-state index contributed by atoms with van der Waals surface area (Å²) in [6.45, 7) is 4.48. The SMILES string of the molecule is CCN(CC(=O)NC(C)C)C(=O)COC(=O)CN=C1NS(=O)(=O)c2ccccc21. The molecule has 1 aromatic rings. The first kappa shape index (κ1) is 22.3. The molecule has 1 aromatic carbocycles. The number of hydrogen-bond donors (Lipinski definition) is 2. The van der Waals surface area contributed by atoms with Crippen molar-refractivity contribution in [3.63, 3.8) is 0 Å². The number of esters is 1. The highest BCUT2D eigenvalue weighted by atomic mass is 32.2. The number of likely N-dealkylation sites (N-methyl/N-ethyl adjacent to an activating group) is 1. The van der Waals surface area contributed by atoms with Gasteiger partial charge in [-0.3, -0.25) is 24.1 Å². The monoisotopic (exact) mass is 424 g/mol. The van der Waals surface area contributed by atoms with E-state index in [1.165, 1.54) is 11.0 Å². The summed E-state index contributed by atoms with van der Waals surface area (Å²) >= 11 is 0. The molecule has 0 unspecified atom stereocenters. The number of fused-ring (bicyclic) bond motifs is 1. The summed E-state index contributed by atoms with van der Waals surface area (Å²) in [6.07, 6.45) is 0. The summed E-state index contributed by atoms with van der Waals surface area (Å²) in [5.74, 6) is -1.57. The van der Waals surface area contributed by atoms with Crippen LogP contribution in [0.3, 0.4) is 0 Å². The van der Waals surface area contributed by atoms with E-state index >= 15 is 0 Å². The molecule has 0 aromatic heterocycles. The van der Waals surface area contributed by atoms with E-state index in [9.17, 15) is 22.8 Å². The standard InChI is InChI=1S/C18H24N4O6S/c1-4-22(10-15(23)20-12(2)3)16(24)11-28-17(25)9-19-18-13-7-5-6-8-14(13)29(26,27)21-18/h5-8,12H,4,9-11H2,1-3H3,(H,19,21)(H,20,23). The van der Waals surface area contributed by atoms with Gasteiger partial charge >= 0.3 is 5.97 Å². The van der Waals surface area contributed by atoms with Gasteiger partial charge in [0.1, 0.15) is 12.4 Å². The number of rotatable bonds is 8. The lowest BCUT2D eigenvalue weighted by atomic mass is 10.2. The molecule has 2 N–H and O–H groups in total. The van der Waals surface area contributed by atoms with Crippen molar-refractivity contribution < 1.29 is 27.5 Å². The molecule has 0 aliphatic carbocycles. The number of nitrogens with one attached hydrogen (secondary N) is 2. The van der Waals surface area contributed by atoms with Gasteiger partial charge in [0.15, 0.2) is 6.61 Å². The van der Waals surface area contributed by atoms with Gasteiger partial charge in [0.05, 0.1) is 11.4 Å². The average Bonchev–Trinajstić information content (AvgIpc) is 2.92. The van der Waals surface area contributed by atoms with Crippen molar-refractivity contribution in [3.8, 4) is 0 Å². The second-order valence-corrected chi connectivity index (χ2v) is 8.21. The van der Waals surface area contributed by atoms with Crippen molar-refractivity contribution in [1.82, 2.24) is 14.9 Å². The highest BCUT2D eigenvalue weighted by molar-refractivity contribution is 7.90. The predicted octanol–water partition coefficient (Wildman–Crippen LogP) is -0.359. The highest BCUT2D eigenvalue weighted by Gasteiger charge is 2.30. The van der Waals surface area contributed by atoms with Crippen LogP contribution in [-0.4, -0.2) is 69.2 Å². The largest absolute Gasteiger partial charge is 0.454 e. The molecule has 10 nitrogen and oxygen atoms in total. The molecule has 2 amide bonds. The summed E-state index contributed by atoms with van der Waals surface area (Å²) in [4.78, 5) is 41.1. The Morgan fingerprint density at radius 2 is 1.93 bits per heavy atom. The van der Waals surface area contributed by atoms with Crippen LogP contribution in [0.25, 0.3) is 0 Å². The van der Waals surface area contributed by atoms with Gasteiger partial charge in [0.2, 0.25) is 5.91 Å². The van der Waals surface area contributed by atoms with Crippen molar-refractivity contribution in [1.29, 1.82) is 0 Å². The molecule has 0 radical (unpaired) electrons. The summed E-state index contributed by atoms with van der Waals surface area (Å²) < 4.78 is 31.2. The lowest BCUT2D eigenvalue weighted by Gasteiger charge is -2.20. The van der Waals surface area contributed by atoms with Crippen LogP contribution >= 0.6 is 0 Å². The fourth-order valence-electron chi connectivity index (χ4n) is 2.59. The fraction of sp³-hybridized carbons (Fsp3) is 0.444. The van der Waals surface area contributed by atoms with Crippen LogP contribution in [0.2, 0.25) is 0 Å². The van der Waals surface area contributed by atoms with E-state index in [1.807, 2.05) is 13.8 Å². The molecule has 2 rings (SSSR count). The minimum Gasteiger partial charge on any atom is -0.454 e. The number of amides is 2. The molecule has 11 heteroatoms. The van der Waals surface area contributed by atoms with E-state index < -0.39 is 35.1 Å². The Kier molecular flexibility index (Phi) is 7.32. The topological polar surface area (TPSA) is 134 Å². The maximum absolute atomic E-state index is 12.2. The summed E-state index contributed by atoms with van der Waals surface area (Å²) in [7, 11) is -3.69. The molecule has 0 saturated heterocycles. The van der Waals surface area contributed by atoms with Gasteiger partial charge < -0.3 is 15.0 Å². The molecule has 1 aliphatic rings. The zero-order valence-electron chi connectivity index (χ0n) is 16.5. The van der Waals surface area contributed by atoms with Crippen LogP contribution in [-0.2, 0) is 29.1 Å². The van der Waals surface area contributed by atoms with Crippen LogP contribution in [0.15, 0.2) is 34.2 Å². The molecule has 1 heterocycles.